The number of halogens is 2. The van der Waals surface area contributed by atoms with Crippen LogP contribution in [0.5, 0.6) is 0 Å². The molecule has 0 rings (SSSR count). The average Bonchev–Trinajstić information content (AvgIpc) is 2.03. The van der Waals surface area contributed by atoms with Gasteiger partial charge < -0.3 is 0 Å². The Hall–Kier alpha value is 0.580. The number of unbranched alkanes of at least 4 members (excludes halogenated alkanes) is 6. The van der Waals surface area contributed by atoms with E-state index in [1.54, 1.807) is 0 Å². The number of hydrogen-bond acceptors (Lipinski definition) is 0. The minimum absolute atomic E-state index is 0.801. The van der Waals surface area contributed by atoms with Crippen LogP contribution in [0, 0.1) is 6.42 Å². The van der Waals surface area contributed by atoms with Crippen molar-refractivity contribution < 1.29 is 0 Å². The highest BCUT2D eigenvalue weighted by Crippen LogP contribution is 2.06. The van der Waals surface area contributed by atoms with Crippen LogP contribution >= 0.6 is 23.2 Å². The molecule has 0 bridgehead atoms. The molecule has 0 saturated carbocycles. The maximum Gasteiger partial charge on any atom is 0.0223 e. The molecule has 2 heteroatoms. The molecule has 0 unspecified atom stereocenters. The lowest BCUT2D eigenvalue weighted by molar-refractivity contribution is 0.710. The summed E-state index contributed by atoms with van der Waals surface area (Å²) in [6.45, 7) is 0. The Morgan fingerprint density at radius 1 is 0.727 bits per heavy atom. The molecule has 0 heterocycles. The molecule has 0 aromatic carbocycles. The fourth-order valence-corrected chi connectivity index (χ4v) is 1.29. The monoisotopic (exact) mass is 195 g/mol. The third kappa shape index (κ3) is 10.6. The van der Waals surface area contributed by atoms with Gasteiger partial charge in [-0.2, -0.15) is 0 Å². The van der Waals surface area contributed by atoms with Crippen molar-refractivity contribution in [1.82, 2.24) is 0 Å². The topological polar surface area (TPSA) is 0 Å². The summed E-state index contributed by atoms with van der Waals surface area (Å²) >= 11 is 11.1. The summed E-state index contributed by atoms with van der Waals surface area (Å²) in [4.78, 5) is 0. The maximum atomic E-state index is 5.53. The zero-order chi connectivity index (χ0) is 8.36. The van der Waals surface area contributed by atoms with E-state index >= 15 is 0 Å². The average molecular weight is 196 g/mol. The highest BCUT2D eigenvalue weighted by Gasteiger charge is 1.90. The first-order valence-electron chi connectivity index (χ1n) is 4.35. The molecular formula is C9H17Cl2. The first-order chi connectivity index (χ1) is 5.41. The molecule has 0 spiro atoms. The van der Waals surface area contributed by atoms with Crippen LogP contribution in [0.15, 0.2) is 0 Å². The number of alkyl halides is 2. The van der Waals surface area contributed by atoms with Gasteiger partial charge in [0.05, 0.1) is 0 Å². The van der Waals surface area contributed by atoms with Gasteiger partial charge >= 0.3 is 0 Å². The highest BCUT2D eigenvalue weighted by molar-refractivity contribution is 6.18. The van der Waals surface area contributed by atoms with Crippen LogP contribution in [-0.4, -0.2) is 11.8 Å². The van der Waals surface area contributed by atoms with E-state index in [1.165, 1.54) is 25.7 Å². The molecule has 67 valence electrons. The first kappa shape index (κ1) is 11.6. The molecule has 0 aromatic heterocycles. The Labute approximate surface area is 80.3 Å². The second kappa shape index (κ2) is 10.6. The van der Waals surface area contributed by atoms with Gasteiger partial charge in [-0.3, -0.25) is 0 Å². The van der Waals surface area contributed by atoms with Crippen molar-refractivity contribution in [2.45, 2.75) is 38.5 Å². The fourth-order valence-electron chi connectivity index (χ4n) is 0.911. The zero-order valence-corrected chi connectivity index (χ0v) is 8.50. The Morgan fingerprint density at radius 3 is 1.55 bits per heavy atom. The molecule has 0 aromatic rings. The van der Waals surface area contributed by atoms with Crippen molar-refractivity contribution in [3.8, 4) is 0 Å². The molecule has 1 radical (unpaired) electrons. The molecule has 0 nitrogen and oxygen atoms in total. The maximum absolute atomic E-state index is 5.53. The van der Waals surface area contributed by atoms with Gasteiger partial charge in [0, 0.05) is 11.8 Å². The summed E-state index contributed by atoms with van der Waals surface area (Å²) in [5.74, 6) is 1.60. The molecular weight excluding hydrogens is 179 g/mol. The van der Waals surface area contributed by atoms with Crippen molar-refractivity contribution in [1.29, 1.82) is 0 Å². The lowest BCUT2D eigenvalue weighted by atomic mass is 10.1. The second-order valence-electron chi connectivity index (χ2n) is 2.66. The van der Waals surface area contributed by atoms with Crippen LogP contribution in [0.4, 0.5) is 0 Å². The molecule has 0 N–H and O–H groups in total. The van der Waals surface area contributed by atoms with Crippen LogP contribution in [0.25, 0.3) is 0 Å². The third-order valence-corrected chi connectivity index (χ3v) is 2.12. The molecule has 0 fully saturated rings. The Morgan fingerprint density at radius 2 is 1.18 bits per heavy atom. The smallest absolute Gasteiger partial charge is 0.0223 e. The third-order valence-electron chi connectivity index (χ3n) is 1.58. The van der Waals surface area contributed by atoms with Crippen LogP contribution in [0.1, 0.15) is 38.5 Å². The summed E-state index contributed by atoms with van der Waals surface area (Å²) in [5.41, 5.74) is 0. The first-order valence-corrected chi connectivity index (χ1v) is 5.42. The van der Waals surface area contributed by atoms with Gasteiger partial charge in [-0.05, 0) is 19.3 Å². The van der Waals surface area contributed by atoms with E-state index in [1.807, 2.05) is 0 Å². The quantitative estimate of drug-likeness (QED) is 0.406. The normalized spacial score (nSPS) is 10.4. The SMILES string of the molecule is ClCCCC[CH]CCCCCl. The minimum atomic E-state index is 0.801. The van der Waals surface area contributed by atoms with Crippen molar-refractivity contribution in [2.75, 3.05) is 11.8 Å². The molecule has 0 aliphatic heterocycles. The lowest BCUT2D eigenvalue weighted by Gasteiger charge is -1.97. The largest absolute Gasteiger partial charge is 0.127 e. The van der Waals surface area contributed by atoms with E-state index < -0.39 is 0 Å². The zero-order valence-electron chi connectivity index (χ0n) is 6.99. The lowest BCUT2D eigenvalue weighted by Crippen LogP contribution is -1.82. The number of rotatable bonds is 8. The molecule has 0 aliphatic rings. The summed E-state index contributed by atoms with van der Waals surface area (Å²) in [7, 11) is 0. The summed E-state index contributed by atoms with van der Waals surface area (Å²) in [6.07, 6.45) is 9.55. The van der Waals surface area contributed by atoms with E-state index in [2.05, 4.69) is 6.42 Å². The van der Waals surface area contributed by atoms with E-state index in [0.29, 0.717) is 0 Å². The van der Waals surface area contributed by atoms with Gasteiger partial charge in [-0.15, -0.1) is 23.2 Å². The molecule has 0 amide bonds. The van der Waals surface area contributed by atoms with Crippen LogP contribution in [-0.2, 0) is 0 Å². The minimum Gasteiger partial charge on any atom is -0.127 e. The standard InChI is InChI=1S/C9H17Cl2/c10-8-6-4-2-1-3-5-7-9-11/h1H,2-9H2. The van der Waals surface area contributed by atoms with Crippen LogP contribution < -0.4 is 0 Å². The molecule has 11 heavy (non-hydrogen) atoms. The van der Waals surface area contributed by atoms with Crippen LogP contribution in [0.2, 0.25) is 0 Å². The molecule has 0 atom stereocenters. The van der Waals surface area contributed by atoms with Crippen molar-refractivity contribution >= 4 is 23.2 Å². The fraction of sp³-hybridized carbons (Fsp3) is 0.889. The highest BCUT2D eigenvalue weighted by atomic mass is 35.5. The van der Waals surface area contributed by atoms with Gasteiger partial charge in [-0.1, -0.05) is 25.7 Å². The predicted octanol–water partition coefficient (Wildman–Crippen LogP) is 4.01. The second-order valence-corrected chi connectivity index (χ2v) is 3.41. The summed E-state index contributed by atoms with van der Waals surface area (Å²) in [6, 6.07) is 0. The number of hydrogen-bond donors (Lipinski definition) is 0. The Bertz CT molecular complexity index is 56.6. The molecule has 0 aliphatic carbocycles. The predicted molar refractivity (Wildman–Crippen MR) is 53.4 cm³/mol. The van der Waals surface area contributed by atoms with Gasteiger partial charge in [0.2, 0.25) is 0 Å². The van der Waals surface area contributed by atoms with E-state index in [0.717, 1.165) is 24.6 Å². The molecule has 0 saturated heterocycles. The van der Waals surface area contributed by atoms with Crippen LogP contribution in [0.3, 0.4) is 0 Å². The van der Waals surface area contributed by atoms with E-state index in [4.69, 9.17) is 23.2 Å². The van der Waals surface area contributed by atoms with E-state index in [9.17, 15) is 0 Å². The van der Waals surface area contributed by atoms with Crippen molar-refractivity contribution in [3.63, 3.8) is 0 Å². The van der Waals surface area contributed by atoms with Gasteiger partial charge in [0.15, 0.2) is 0 Å². The summed E-state index contributed by atoms with van der Waals surface area (Å²) < 4.78 is 0. The van der Waals surface area contributed by atoms with Gasteiger partial charge in [0.1, 0.15) is 0 Å². The van der Waals surface area contributed by atoms with Crippen molar-refractivity contribution in [3.05, 3.63) is 6.42 Å². The summed E-state index contributed by atoms with van der Waals surface area (Å²) in [5, 5.41) is 0. The Balaban J connectivity index is 2.69. The Kier molecular flexibility index (Phi) is 11.1. The van der Waals surface area contributed by atoms with Gasteiger partial charge in [0.25, 0.3) is 0 Å². The van der Waals surface area contributed by atoms with Crippen molar-refractivity contribution in [2.24, 2.45) is 0 Å². The van der Waals surface area contributed by atoms with Gasteiger partial charge in [-0.25, -0.2) is 0 Å². The van der Waals surface area contributed by atoms with E-state index in [-0.39, 0.29) is 0 Å².